The number of nitrogens with zero attached hydrogens (tertiary/aromatic N) is 1. The number of benzene rings is 2. The summed E-state index contributed by atoms with van der Waals surface area (Å²) in [5.74, 6) is 0.857. The molecule has 20 heavy (non-hydrogen) atoms. The smallest absolute Gasteiger partial charge is 0.168 e. The molecular formula is C16H15NO2S. The van der Waals surface area contributed by atoms with Crippen molar-refractivity contribution in [3.05, 3.63) is 42.1 Å². The van der Waals surface area contributed by atoms with Gasteiger partial charge in [0.25, 0.3) is 0 Å². The van der Waals surface area contributed by atoms with Gasteiger partial charge in [-0.05, 0) is 48.6 Å². The van der Waals surface area contributed by atoms with Crippen molar-refractivity contribution in [2.45, 2.75) is 11.8 Å². The zero-order valence-corrected chi connectivity index (χ0v) is 12.5. The van der Waals surface area contributed by atoms with Gasteiger partial charge in [0.15, 0.2) is 5.58 Å². The number of aromatic nitrogens is 1. The first kappa shape index (κ1) is 13.1. The minimum atomic E-state index is 0.833. The Morgan fingerprint density at radius 1 is 1.10 bits per heavy atom. The van der Waals surface area contributed by atoms with Gasteiger partial charge in [-0.15, -0.1) is 11.8 Å². The summed E-state index contributed by atoms with van der Waals surface area (Å²) in [5, 5.41) is 5.16. The first-order valence-corrected chi connectivity index (χ1v) is 7.54. The van der Waals surface area contributed by atoms with Crippen LogP contribution < -0.4 is 4.74 Å². The van der Waals surface area contributed by atoms with Crippen molar-refractivity contribution in [3.8, 4) is 16.9 Å². The number of ether oxygens (including phenoxy) is 1. The van der Waals surface area contributed by atoms with E-state index in [1.807, 2.05) is 37.3 Å². The molecule has 0 spiro atoms. The molecule has 0 saturated carbocycles. The van der Waals surface area contributed by atoms with Gasteiger partial charge in [0.1, 0.15) is 5.75 Å². The molecule has 0 aliphatic carbocycles. The predicted octanol–water partition coefficient (Wildman–Crippen LogP) is 4.53. The summed E-state index contributed by atoms with van der Waals surface area (Å²) in [6.07, 6.45) is 2.07. The molecule has 0 radical (unpaired) electrons. The van der Waals surface area contributed by atoms with Crippen LogP contribution in [-0.2, 0) is 0 Å². The van der Waals surface area contributed by atoms with Crippen LogP contribution in [0.3, 0.4) is 0 Å². The van der Waals surface area contributed by atoms with E-state index in [1.54, 1.807) is 18.9 Å². The number of thioether (sulfide) groups is 1. The van der Waals surface area contributed by atoms with E-state index in [0.717, 1.165) is 33.5 Å². The Hall–Kier alpha value is -1.94. The first-order chi connectivity index (χ1) is 9.72. The molecule has 4 heteroatoms. The van der Waals surface area contributed by atoms with Gasteiger partial charge in [-0.1, -0.05) is 17.3 Å². The molecule has 0 aliphatic rings. The molecule has 0 fully saturated rings. The number of fused-ring (bicyclic) bond motifs is 1. The highest BCUT2D eigenvalue weighted by atomic mass is 32.2. The number of rotatable bonds is 3. The summed E-state index contributed by atoms with van der Waals surface area (Å²) >= 11 is 1.71. The number of hydrogen-bond acceptors (Lipinski definition) is 4. The van der Waals surface area contributed by atoms with Crippen LogP contribution in [0.15, 0.2) is 45.8 Å². The summed E-state index contributed by atoms with van der Waals surface area (Å²) in [5.41, 5.74) is 4.03. The van der Waals surface area contributed by atoms with Gasteiger partial charge in [0, 0.05) is 4.90 Å². The average molecular weight is 285 g/mol. The fourth-order valence-corrected chi connectivity index (χ4v) is 2.99. The van der Waals surface area contributed by atoms with Gasteiger partial charge in [-0.25, -0.2) is 0 Å². The van der Waals surface area contributed by atoms with Gasteiger partial charge >= 0.3 is 0 Å². The molecule has 1 heterocycles. The maximum atomic E-state index is 5.41. The minimum Gasteiger partial charge on any atom is -0.497 e. The number of methoxy groups -OCH3 is 1. The lowest BCUT2D eigenvalue weighted by molar-refractivity contribution is 0.415. The van der Waals surface area contributed by atoms with Crippen molar-refractivity contribution >= 4 is 22.7 Å². The minimum absolute atomic E-state index is 0.833. The maximum Gasteiger partial charge on any atom is 0.168 e. The van der Waals surface area contributed by atoms with Gasteiger partial charge in [0.2, 0.25) is 0 Å². The highest BCUT2D eigenvalue weighted by Gasteiger charge is 2.12. The van der Waals surface area contributed by atoms with E-state index in [4.69, 9.17) is 9.26 Å². The van der Waals surface area contributed by atoms with Crippen molar-refractivity contribution in [2.75, 3.05) is 13.4 Å². The van der Waals surface area contributed by atoms with Crippen LogP contribution in [0.4, 0.5) is 0 Å². The van der Waals surface area contributed by atoms with Gasteiger partial charge in [0.05, 0.1) is 18.2 Å². The van der Waals surface area contributed by atoms with Crippen LogP contribution in [0.2, 0.25) is 0 Å². The molecule has 3 aromatic rings. The second kappa shape index (κ2) is 5.21. The molecule has 0 bridgehead atoms. The standard InChI is InChI=1S/C16H15NO2S/c1-10-16-14(19-17-10)8-12(9-15(16)20-3)11-4-6-13(18-2)7-5-11/h4-9H,1-3H3. The third-order valence-electron chi connectivity index (χ3n) is 3.35. The van der Waals surface area contributed by atoms with Crippen LogP contribution in [0.1, 0.15) is 5.69 Å². The Kier molecular flexibility index (Phi) is 3.40. The molecular weight excluding hydrogens is 270 g/mol. The fraction of sp³-hybridized carbons (Fsp3) is 0.188. The van der Waals surface area contributed by atoms with E-state index in [2.05, 4.69) is 17.5 Å². The summed E-state index contributed by atoms with van der Waals surface area (Å²) in [7, 11) is 1.67. The lowest BCUT2D eigenvalue weighted by Crippen LogP contribution is -1.84. The highest BCUT2D eigenvalue weighted by molar-refractivity contribution is 7.98. The van der Waals surface area contributed by atoms with Gasteiger partial charge in [-0.2, -0.15) is 0 Å². The Morgan fingerprint density at radius 3 is 2.50 bits per heavy atom. The van der Waals surface area contributed by atoms with Crippen molar-refractivity contribution in [1.29, 1.82) is 0 Å². The molecule has 0 atom stereocenters. The Balaban J connectivity index is 2.15. The lowest BCUT2D eigenvalue weighted by atomic mass is 10.0. The maximum absolute atomic E-state index is 5.41. The van der Waals surface area contributed by atoms with Crippen molar-refractivity contribution in [3.63, 3.8) is 0 Å². The Bertz CT molecular complexity index is 747. The monoisotopic (exact) mass is 285 g/mol. The third-order valence-corrected chi connectivity index (χ3v) is 4.11. The molecule has 1 aromatic heterocycles. The van der Waals surface area contributed by atoms with Crippen LogP contribution in [0.5, 0.6) is 5.75 Å². The summed E-state index contributed by atoms with van der Waals surface area (Å²) in [6, 6.07) is 12.2. The summed E-state index contributed by atoms with van der Waals surface area (Å²) < 4.78 is 10.6. The van der Waals surface area contributed by atoms with Gasteiger partial charge < -0.3 is 9.26 Å². The summed E-state index contributed by atoms with van der Waals surface area (Å²) in [4.78, 5) is 1.19. The third kappa shape index (κ3) is 2.16. The number of hydrogen-bond donors (Lipinski definition) is 0. The molecule has 0 N–H and O–H groups in total. The second-order valence-electron chi connectivity index (χ2n) is 4.55. The van der Waals surface area contributed by atoms with E-state index < -0.39 is 0 Å². The van der Waals surface area contributed by atoms with Crippen molar-refractivity contribution < 1.29 is 9.26 Å². The summed E-state index contributed by atoms with van der Waals surface area (Å²) in [6.45, 7) is 1.97. The highest BCUT2D eigenvalue weighted by Crippen LogP contribution is 2.34. The zero-order chi connectivity index (χ0) is 14.1. The van der Waals surface area contributed by atoms with Gasteiger partial charge in [-0.3, -0.25) is 0 Å². The fourth-order valence-electron chi connectivity index (χ4n) is 2.29. The van der Waals surface area contributed by atoms with E-state index in [0.29, 0.717) is 0 Å². The van der Waals surface area contributed by atoms with E-state index in [1.165, 1.54) is 4.90 Å². The molecule has 102 valence electrons. The Labute approximate surface area is 121 Å². The van der Waals surface area contributed by atoms with E-state index in [-0.39, 0.29) is 0 Å². The quantitative estimate of drug-likeness (QED) is 0.662. The van der Waals surface area contributed by atoms with Crippen LogP contribution in [0.25, 0.3) is 22.1 Å². The molecule has 3 rings (SSSR count). The van der Waals surface area contributed by atoms with Crippen molar-refractivity contribution in [2.24, 2.45) is 0 Å². The SMILES string of the molecule is COc1ccc(-c2cc(SC)c3c(C)noc3c2)cc1. The van der Waals surface area contributed by atoms with Crippen molar-refractivity contribution in [1.82, 2.24) is 5.16 Å². The molecule has 2 aromatic carbocycles. The van der Waals surface area contributed by atoms with E-state index in [9.17, 15) is 0 Å². The Morgan fingerprint density at radius 2 is 1.85 bits per heavy atom. The van der Waals surface area contributed by atoms with E-state index >= 15 is 0 Å². The second-order valence-corrected chi connectivity index (χ2v) is 5.40. The molecule has 3 nitrogen and oxygen atoms in total. The molecule has 0 saturated heterocycles. The van der Waals surface area contributed by atoms with Crippen LogP contribution in [0, 0.1) is 6.92 Å². The largest absolute Gasteiger partial charge is 0.497 e. The zero-order valence-electron chi connectivity index (χ0n) is 11.6. The molecule has 0 aliphatic heterocycles. The average Bonchev–Trinajstić information content (AvgIpc) is 2.88. The molecule has 0 unspecified atom stereocenters. The first-order valence-electron chi connectivity index (χ1n) is 6.31. The molecule has 0 amide bonds. The predicted molar refractivity (Wildman–Crippen MR) is 82.5 cm³/mol. The van der Waals surface area contributed by atoms with Crippen LogP contribution >= 0.6 is 11.8 Å². The normalized spacial score (nSPS) is 10.9. The number of aryl methyl sites for hydroxylation is 1. The lowest BCUT2D eigenvalue weighted by Gasteiger charge is -2.06. The van der Waals surface area contributed by atoms with Crippen LogP contribution in [-0.4, -0.2) is 18.5 Å². The topological polar surface area (TPSA) is 35.3 Å².